The highest BCUT2D eigenvalue weighted by molar-refractivity contribution is 6.01. The Balaban J connectivity index is 1.39. The zero-order valence-electron chi connectivity index (χ0n) is 21.0. The summed E-state index contributed by atoms with van der Waals surface area (Å²) in [5.74, 6) is 1.34. The molecule has 2 heterocycles. The zero-order valence-corrected chi connectivity index (χ0v) is 21.0. The lowest BCUT2D eigenvalue weighted by molar-refractivity contribution is -0.137. The van der Waals surface area contributed by atoms with E-state index in [1.807, 2.05) is 0 Å². The number of rotatable bonds is 7. The maximum atomic E-state index is 13.3. The minimum Gasteiger partial charge on any atom is -0.497 e. The number of nitrogens with zero attached hydrogens (tertiary/aromatic N) is 3. The van der Waals surface area contributed by atoms with Crippen LogP contribution in [0.5, 0.6) is 23.0 Å². The summed E-state index contributed by atoms with van der Waals surface area (Å²) in [4.78, 5) is 44.2. The Kier molecular flexibility index (Phi) is 7.52. The Morgan fingerprint density at radius 2 is 1.39 bits per heavy atom. The first-order valence-electron chi connectivity index (χ1n) is 11.7. The van der Waals surface area contributed by atoms with Gasteiger partial charge < -0.3 is 33.6 Å². The molecule has 0 N–H and O–H groups in total. The first-order valence-corrected chi connectivity index (χ1v) is 11.7. The molecule has 1 unspecified atom stereocenters. The van der Waals surface area contributed by atoms with Crippen LogP contribution in [0.1, 0.15) is 16.8 Å². The maximum Gasteiger partial charge on any atom is 0.257 e. The molecule has 1 atom stereocenters. The summed E-state index contributed by atoms with van der Waals surface area (Å²) in [5, 5.41) is 0. The summed E-state index contributed by atoms with van der Waals surface area (Å²) in [6.45, 7) is 1.86. The summed E-state index contributed by atoms with van der Waals surface area (Å²) in [5.41, 5.74) is 1.03. The fourth-order valence-electron chi connectivity index (χ4n) is 4.65. The second-order valence-corrected chi connectivity index (χ2v) is 8.63. The van der Waals surface area contributed by atoms with Crippen molar-refractivity contribution in [2.24, 2.45) is 5.92 Å². The maximum absolute atomic E-state index is 13.3. The first-order chi connectivity index (χ1) is 17.4. The number of carbonyl (C=O) groups excluding carboxylic acids is 3. The molecule has 192 valence electrons. The number of methoxy groups -OCH3 is 4. The molecular formula is C26H31N3O7. The fourth-order valence-corrected chi connectivity index (χ4v) is 4.65. The average Bonchev–Trinajstić information content (AvgIpc) is 3.32. The lowest BCUT2D eigenvalue weighted by Gasteiger charge is -2.36. The van der Waals surface area contributed by atoms with Gasteiger partial charge in [0.15, 0.2) is 0 Å². The van der Waals surface area contributed by atoms with Gasteiger partial charge in [-0.05, 0) is 24.3 Å². The van der Waals surface area contributed by atoms with E-state index in [-0.39, 0.29) is 30.7 Å². The van der Waals surface area contributed by atoms with Crippen molar-refractivity contribution in [1.29, 1.82) is 0 Å². The van der Waals surface area contributed by atoms with Gasteiger partial charge in [0.2, 0.25) is 11.8 Å². The van der Waals surface area contributed by atoms with Gasteiger partial charge in [-0.15, -0.1) is 0 Å². The third-order valence-corrected chi connectivity index (χ3v) is 6.67. The van der Waals surface area contributed by atoms with Crippen molar-refractivity contribution < 1.29 is 33.3 Å². The third-order valence-electron chi connectivity index (χ3n) is 6.67. The van der Waals surface area contributed by atoms with Gasteiger partial charge in [-0.2, -0.15) is 0 Å². The number of ether oxygens (including phenoxy) is 4. The largest absolute Gasteiger partial charge is 0.497 e. The molecule has 0 spiro atoms. The van der Waals surface area contributed by atoms with Crippen molar-refractivity contribution in [3.8, 4) is 23.0 Å². The van der Waals surface area contributed by atoms with Crippen LogP contribution in [0.15, 0.2) is 36.4 Å². The van der Waals surface area contributed by atoms with Gasteiger partial charge >= 0.3 is 0 Å². The van der Waals surface area contributed by atoms with E-state index in [9.17, 15) is 14.4 Å². The highest BCUT2D eigenvalue weighted by Gasteiger charge is 2.39. The van der Waals surface area contributed by atoms with E-state index in [1.165, 1.54) is 14.2 Å². The smallest absolute Gasteiger partial charge is 0.257 e. The molecule has 0 aromatic heterocycles. The number of hydrogen-bond acceptors (Lipinski definition) is 7. The second kappa shape index (κ2) is 10.8. The van der Waals surface area contributed by atoms with Gasteiger partial charge in [0, 0.05) is 51.3 Å². The molecule has 3 amide bonds. The van der Waals surface area contributed by atoms with E-state index in [0.29, 0.717) is 60.4 Å². The normalized spacial score (nSPS) is 17.7. The Morgan fingerprint density at radius 1 is 0.778 bits per heavy atom. The van der Waals surface area contributed by atoms with Gasteiger partial charge in [0.05, 0.1) is 45.6 Å². The van der Waals surface area contributed by atoms with Crippen molar-refractivity contribution in [1.82, 2.24) is 9.80 Å². The van der Waals surface area contributed by atoms with Gasteiger partial charge in [-0.3, -0.25) is 14.4 Å². The van der Waals surface area contributed by atoms with Gasteiger partial charge in [0.25, 0.3) is 5.91 Å². The number of carbonyl (C=O) groups is 3. The van der Waals surface area contributed by atoms with Crippen molar-refractivity contribution in [2.45, 2.75) is 6.42 Å². The summed E-state index contributed by atoms with van der Waals surface area (Å²) in [7, 11) is 6.15. The zero-order chi connectivity index (χ0) is 25.8. The molecule has 0 radical (unpaired) electrons. The second-order valence-electron chi connectivity index (χ2n) is 8.63. The standard InChI is InChI=1S/C26H31N3O7/c1-33-18-6-8-22(35-3)21(14-18)29-16-17(13-24(29)30)25(31)27-9-11-28(12-10-27)26(32)20-7-5-19(34-2)15-23(20)36-4/h5-8,14-15,17H,9-13,16H2,1-4H3. The van der Waals surface area contributed by atoms with Crippen LogP contribution in [0.3, 0.4) is 0 Å². The number of benzene rings is 2. The van der Waals surface area contributed by atoms with Crippen LogP contribution < -0.4 is 23.8 Å². The van der Waals surface area contributed by atoms with Crippen LogP contribution in [0, 0.1) is 5.92 Å². The molecule has 36 heavy (non-hydrogen) atoms. The molecule has 10 heteroatoms. The Bertz CT molecular complexity index is 1140. The quantitative estimate of drug-likeness (QED) is 0.578. The van der Waals surface area contributed by atoms with Crippen molar-refractivity contribution in [2.75, 3.05) is 66.1 Å². The molecule has 2 aliphatic rings. The van der Waals surface area contributed by atoms with E-state index in [2.05, 4.69) is 0 Å². The number of anilines is 1. The molecule has 2 aromatic rings. The summed E-state index contributed by atoms with van der Waals surface area (Å²) < 4.78 is 21.3. The van der Waals surface area contributed by atoms with Gasteiger partial charge in [0.1, 0.15) is 23.0 Å². The Morgan fingerprint density at radius 3 is 2.03 bits per heavy atom. The van der Waals surface area contributed by atoms with E-state index >= 15 is 0 Å². The Hall–Kier alpha value is -3.95. The van der Waals surface area contributed by atoms with Crippen LogP contribution in [0.25, 0.3) is 0 Å². The van der Waals surface area contributed by atoms with Crippen LogP contribution in [-0.2, 0) is 9.59 Å². The molecule has 0 aliphatic carbocycles. The molecule has 0 bridgehead atoms. The van der Waals surface area contributed by atoms with E-state index in [1.54, 1.807) is 65.3 Å². The van der Waals surface area contributed by atoms with Crippen molar-refractivity contribution in [3.05, 3.63) is 42.0 Å². The molecular weight excluding hydrogens is 466 g/mol. The predicted octanol–water partition coefficient (Wildman–Crippen LogP) is 2.06. The fraction of sp³-hybridized carbons (Fsp3) is 0.423. The van der Waals surface area contributed by atoms with Crippen LogP contribution in [0.4, 0.5) is 5.69 Å². The third kappa shape index (κ3) is 4.89. The SMILES string of the molecule is COc1ccc(C(=O)N2CCN(C(=O)C3CC(=O)N(c4cc(OC)ccc4OC)C3)CC2)c(OC)c1. The molecule has 0 saturated carbocycles. The summed E-state index contributed by atoms with van der Waals surface area (Å²) in [6, 6.07) is 10.3. The topological polar surface area (TPSA) is 97.9 Å². The molecule has 2 aromatic carbocycles. The van der Waals surface area contributed by atoms with Crippen molar-refractivity contribution in [3.63, 3.8) is 0 Å². The van der Waals surface area contributed by atoms with Crippen molar-refractivity contribution >= 4 is 23.4 Å². The van der Waals surface area contributed by atoms with E-state index < -0.39 is 5.92 Å². The van der Waals surface area contributed by atoms with Gasteiger partial charge in [-0.25, -0.2) is 0 Å². The van der Waals surface area contributed by atoms with Crippen LogP contribution in [0.2, 0.25) is 0 Å². The average molecular weight is 498 g/mol. The highest BCUT2D eigenvalue weighted by Crippen LogP contribution is 2.36. The minimum absolute atomic E-state index is 0.0816. The highest BCUT2D eigenvalue weighted by atomic mass is 16.5. The lowest BCUT2D eigenvalue weighted by atomic mass is 10.1. The molecule has 2 aliphatic heterocycles. The summed E-state index contributed by atoms with van der Waals surface area (Å²) >= 11 is 0. The van der Waals surface area contributed by atoms with Crippen LogP contribution >= 0.6 is 0 Å². The van der Waals surface area contributed by atoms with E-state index in [0.717, 1.165) is 0 Å². The van der Waals surface area contributed by atoms with Gasteiger partial charge in [-0.1, -0.05) is 0 Å². The molecule has 2 saturated heterocycles. The lowest BCUT2D eigenvalue weighted by Crippen LogP contribution is -2.52. The number of amides is 3. The van der Waals surface area contributed by atoms with E-state index in [4.69, 9.17) is 18.9 Å². The predicted molar refractivity (Wildman–Crippen MR) is 132 cm³/mol. The molecule has 4 rings (SSSR count). The monoisotopic (exact) mass is 497 g/mol. The minimum atomic E-state index is -0.461. The number of hydrogen-bond donors (Lipinski definition) is 0. The molecule has 10 nitrogen and oxygen atoms in total. The summed E-state index contributed by atoms with van der Waals surface area (Å²) in [6.07, 6.45) is 0.126. The number of piperazine rings is 1. The van der Waals surface area contributed by atoms with Crippen LogP contribution in [-0.4, -0.2) is 88.7 Å². The first kappa shape index (κ1) is 25.2. The Labute approximate surface area is 210 Å². The molecule has 2 fully saturated rings.